The normalized spacial score (nSPS) is 10.4. The number of aromatic nitrogens is 1. The van der Waals surface area contributed by atoms with Gasteiger partial charge in [0.15, 0.2) is 23.0 Å². The van der Waals surface area contributed by atoms with Gasteiger partial charge in [-0.2, -0.15) is 5.11 Å². The van der Waals surface area contributed by atoms with Gasteiger partial charge in [0.25, 0.3) is 0 Å². The summed E-state index contributed by atoms with van der Waals surface area (Å²) in [5.74, 6) is -1.18. The summed E-state index contributed by atoms with van der Waals surface area (Å²) in [6, 6.07) is 9.70. The van der Waals surface area contributed by atoms with Crippen LogP contribution >= 0.6 is 15.9 Å². The van der Waals surface area contributed by atoms with E-state index in [1.165, 1.54) is 19.4 Å². The molecule has 3 rings (SSSR count). The zero-order valence-electron chi connectivity index (χ0n) is 14.0. The van der Waals surface area contributed by atoms with E-state index < -0.39 is 11.6 Å². The number of nitrogens with one attached hydrogen (secondary N) is 2. The summed E-state index contributed by atoms with van der Waals surface area (Å²) in [6.45, 7) is 0. The fourth-order valence-corrected chi connectivity index (χ4v) is 2.66. The fraction of sp³-hybridized carbons (Fsp3) is 0.0556. The third-order valence-electron chi connectivity index (χ3n) is 3.52. The van der Waals surface area contributed by atoms with Gasteiger partial charge in [0, 0.05) is 16.7 Å². The number of hydrogen-bond donors (Lipinski definition) is 2. The summed E-state index contributed by atoms with van der Waals surface area (Å²) in [7, 11) is 1.42. The first-order valence-electron chi connectivity index (χ1n) is 7.61. The summed E-state index contributed by atoms with van der Waals surface area (Å²) in [5.41, 5.74) is 8.46. The van der Waals surface area contributed by atoms with Crippen LogP contribution in [0.25, 0.3) is 0 Å². The lowest BCUT2D eigenvalue weighted by atomic mass is 10.2. The highest BCUT2D eigenvalue weighted by molar-refractivity contribution is 9.10. The number of rotatable bonds is 6. The summed E-state index contributed by atoms with van der Waals surface area (Å²) in [4.78, 5) is 4.00. The van der Waals surface area contributed by atoms with Gasteiger partial charge in [-0.3, -0.25) is 0 Å². The van der Waals surface area contributed by atoms with E-state index in [1.807, 2.05) is 0 Å². The Morgan fingerprint density at radius 1 is 1.07 bits per heavy atom. The first-order chi connectivity index (χ1) is 13.0. The molecule has 0 saturated heterocycles. The maximum Gasteiger partial charge on any atom is 0.243 e. The number of anilines is 2. The first kappa shape index (κ1) is 18.7. The van der Waals surface area contributed by atoms with Crippen LogP contribution in [0, 0.1) is 17.2 Å². The second kappa shape index (κ2) is 8.09. The van der Waals surface area contributed by atoms with Crippen LogP contribution in [0.5, 0.6) is 17.4 Å². The van der Waals surface area contributed by atoms with Gasteiger partial charge in [0.1, 0.15) is 5.82 Å². The molecule has 0 aliphatic heterocycles. The molecule has 1 heterocycles. The van der Waals surface area contributed by atoms with Crippen LogP contribution in [0.2, 0.25) is 0 Å². The number of benzene rings is 2. The van der Waals surface area contributed by atoms with Crippen LogP contribution < -0.4 is 14.8 Å². The van der Waals surface area contributed by atoms with Crippen molar-refractivity contribution in [3.63, 3.8) is 0 Å². The molecule has 0 aliphatic carbocycles. The molecule has 1 aromatic heterocycles. The Kier molecular flexibility index (Phi) is 5.60. The van der Waals surface area contributed by atoms with Crippen LogP contribution in [0.3, 0.4) is 0 Å². The number of methoxy groups -OCH3 is 1. The maximum absolute atomic E-state index is 13.9. The van der Waals surface area contributed by atoms with E-state index >= 15 is 0 Å². The van der Waals surface area contributed by atoms with E-state index in [1.54, 1.807) is 24.3 Å². The predicted molar refractivity (Wildman–Crippen MR) is 99.5 cm³/mol. The third kappa shape index (κ3) is 4.20. The molecule has 0 fully saturated rings. The number of halogens is 3. The minimum absolute atomic E-state index is 0.125. The van der Waals surface area contributed by atoms with Gasteiger partial charge >= 0.3 is 0 Å². The van der Waals surface area contributed by atoms with Crippen molar-refractivity contribution in [3.8, 4) is 17.4 Å². The SMILES string of the molecule is COc1nccc(Nc2cc(Br)ccc2Oc2ccc(F)cc2F)c1N=N. The van der Waals surface area contributed by atoms with Crippen LogP contribution in [-0.4, -0.2) is 12.1 Å². The Labute approximate surface area is 161 Å². The van der Waals surface area contributed by atoms with Gasteiger partial charge in [0.2, 0.25) is 5.88 Å². The van der Waals surface area contributed by atoms with Crippen molar-refractivity contribution in [3.05, 3.63) is 64.8 Å². The van der Waals surface area contributed by atoms with Crippen molar-refractivity contribution in [1.29, 1.82) is 5.53 Å². The topological polar surface area (TPSA) is 79.6 Å². The smallest absolute Gasteiger partial charge is 0.243 e. The molecule has 0 atom stereocenters. The molecule has 0 saturated carbocycles. The summed E-state index contributed by atoms with van der Waals surface area (Å²) < 4.78 is 38.5. The number of ether oxygens (including phenoxy) is 2. The van der Waals surface area contributed by atoms with Crippen molar-refractivity contribution >= 4 is 33.0 Å². The van der Waals surface area contributed by atoms with Gasteiger partial charge in [-0.25, -0.2) is 19.3 Å². The Balaban J connectivity index is 1.99. The fourth-order valence-electron chi connectivity index (χ4n) is 2.30. The molecular weight excluding hydrogens is 422 g/mol. The van der Waals surface area contributed by atoms with Crippen LogP contribution in [0.15, 0.2) is 58.2 Å². The van der Waals surface area contributed by atoms with Gasteiger partial charge in [0.05, 0.1) is 18.5 Å². The number of hydrogen-bond acceptors (Lipinski definition) is 6. The van der Waals surface area contributed by atoms with E-state index in [2.05, 4.69) is 31.3 Å². The quantitative estimate of drug-likeness (QED) is 0.444. The Morgan fingerprint density at radius 2 is 1.85 bits per heavy atom. The van der Waals surface area contributed by atoms with Gasteiger partial charge in [-0.1, -0.05) is 15.9 Å². The molecule has 2 aromatic carbocycles. The largest absolute Gasteiger partial charge is 0.479 e. The van der Waals surface area contributed by atoms with Crippen LogP contribution in [0.4, 0.5) is 25.8 Å². The van der Waals surface area contributed by atoms with Crippen molar-refractivity contribution in [2.24, 2.45) is 5.11 Å². The van der Waals surface area contributed by atoms with E-state index in [-0.39, 0.29) is 23.1 Å². The number of nitrogens with zero attached hydrogens (tertiary/aromatic N) is 2. The second-order valence-electron chi connectivity index (χ2n) is 5.27. The lowest BCUT2D eigenvalue weighted by molar-refractivity contribution is 0.399. The minimum Gasteiger partial charge on any atom is -0.479 e. The molecule has 27 heavy (non-hydrogen) atoms. The molecule has 0 spiro atoms. The van der Waals surface area contributed by atoms with E-state index in [0.717, 1.165) is 16.6 Å². The Hall–Kier alpha value is -3.07. The maximum atomic E-state index is 13.9. The van der Waals surface area contributed by atoms with Crippen molar-refractivity contribution in [2.75, 3.05) is 12.4 Å². The molecule has 0 radical (unpaired) electrons. The standard InChI is InChI=1S/C18H13BrF2N4O2/c1-26-18-17(25-22)13(6-7-23-18)24-14-8-10(19)2-4-16(14)27-15-5-3-11(20)9-12(15)21/h2-9,22H,1H3,(H,23,24). The molecule has 3 aromatic rings. The molecule has 0 bridgehead atoms. The molecular formula is C18H13BrF2N4O2. The second-order valence-corrected chi connectivity index (χ2v) is 6.19. The van der Waals surface area contributed by atoms with Crippen molar-refractivity contribution in [1.82, 2.24) is 4.98 Å². The highest BCUT2D eigenvalue weighted by atomic mass is 79.9. The molecule has 9 heteroatoms. The van der Waals surface area contributed by atoms with Crippen molar-refractivity contribution < 1.29 is 18.3 Å². The summed E-state index contributed by atoms with van der Waals surface area (Å²) >= 11 is 3.37. The highest BCUT2D eigenvalue weighted by Gasteiger charge is 2.14. The minimum atomic E-state index is -0.823. The first-order valence-corrected chi connectivity index (χ1v) is 8.41. The van der Waals surface area contributed by atoms with Crippen LogP contribution in [0.1, 0.15) is 0 Å². The molecule has 6 nitrogen and oxygen atoms in total. The lowest BCUT2D eigenvalue weighted by Crippen LogP contribution is -1.98. The molecule has 0 unspecified atom stereocenters. The van der Waals surface area contributed by atoms with Crippen molar-refractivity contribution in [2.45, 2.75) is 0 Å². The average Bonchev–Trinajstić information content (AvgIpc) is 2.65. The Morgan fingerprint density at radius 3 is 2.56 bits per heavy atom. The zero-order valence-corrected chi connectivity index (χ0v) is 15.5. The summed E-state index contributed by atoms with van der Waals surface area (Å²) in [6.07, 6.45) is 1.49. The molecule has 138 valence electrons. The molecule has 0 amide bonds. The average molecular weight is 435 g/mol. The van der Waals surface area contributed by atoms with Gasteiger partial charge in [-0.05, 0) is 36.4 Å². The summed E-state index contributed by atoms with van der Waals surface area (Å²) in [5, 5.41) is 6.52. The molecule has 2 N–H and O–H groups in total. The lowest BCUT2D eigenvalue weighted by Gasteiger charge is -2.15. The number of pyridine rings is 1. The van der Waals surface area contributed by atoms with Gasteiger partial charge < -0.3 is 14.8 Å². The highest BCUT2D eigenvalue weighted by Crippen LogP contribution is 2.39. The monoisotopic (exact) mass is 434 g/mol. The molecule has 0 aliphatic rings. The van der Waals surface area contributed by atoms with E-state index in [4.69, 9.17) is 15.0 Å². The van der Waals surface area contributed by atoms with Crippen LogP contribution in [-0.2, 0) is 0 Å². The Bertz CT molecular complexity index is 1000. The third-order valence-corrected chi connectivity index (χ3v) is 4.01. The van der Waals surface area contributed by atoms with E-state index in [9.17, 15) is 8.78 Å². The predicted octanol–water partition coefficient (Wildman–Crippen LogP) is 6.33. The zero-order chi connectivity index (χ0) is 19.4. The van der Waals surface area contributed by atoms with Gasteiger partial charge in [-0.15, -0.1) is 0 Å². The van der Waals surface area contributed by atoms with E-state index in [0.29, 0.717) is 11.4 Å².